The molecule has 2 aliphatic rings. The number of fused-ring (bicyclic) bond motifs is 8. The van der Waals surface area contributed by atoms with E-state index >= 15 is 0 Å². The molecule has 0 saturated heterocycles. The van der Waals surface area contributed by atoms with Crippen LogP contribution in [0.3, 0.4) is 0 Å². The van der Waals surface area contributed by atoms with Crippen LogP contribution in [0.2, 0.25) is 0 Å². The van der Waals surface area contributed by atoms with Crippen LogP contribution in [-0.2, 0) is 40.5 Å². The maximum atomic E-state index is 12.9. The summed E-state index contributed by atoms with van der Waals surface area (Å²) >= 11 is 0. The van der Waals surface area contributed by atoms with Crippen molar-refractivity contribution in [3.63, 3.8) is 0 Å². The molecule has 0 fully saturated rings. The predicted octanol–water partition coefficient (Wildman–Crippen LogP) is 3.31. The molecule has 0 amide bonds. The molecule has 1 aromatic carbocycles. The Morgan fingerprint density at radius 1 is 0.478 bits per heavy atom. The quantitative estimate of drug-likeness (QED) is 0.140. The summed E-state index contributed by atoms with van der Waals surface area (Å²) in [4.78, 5) is 9.28. The van der Waals surface area contributed by atoms with Gasteiger partial charge in [0.25, 0.3) is 40.5 Å². The monoisotopic (exact) mass is 706 g/mol. The lowest BCUT2D eigenvalue weighted by Crippen LogP contribution is -2.05. The minimum atomic E-state index is -5.27. The van der Waals surface area contributed by atoms with Crippen LogP contribution in [0, 0.1) is 0 Å². The van der Waals surface area contributed by atoms with Gasteiger partial charge in [0.2, 0.25) is 0 Å². The summed E-state index contributed by atoms with van der Waals surface area (Å²) in [7, 11) is -20.9. The molecule has 0 atom stereocenters. The molecule has 5 heterocycles. The zero-order valence-corrected chi connectivity index (χ0v) is 25.8. The van der Waals surface area contributed by atoms with Crippen LogP contribution in [0.4, 0.5) is 0 Å². The number of benzene rings is 1. The fraction of sp³-hybridized carbons (Fsp3) is 0. The Morgan fingerprint density at radius 3 is 1.28 bits per heavy atom. The molecular formula is C26H18N4O12S4. The van der Waals surface area contributed by atoms with E-state index in [9.17, 15) is 51.9 Å². The van der Waals surface area contributed by atoms with Crippen molar-refractivity contribution in [3.05, 3.63) is 71.3 Å². The average molecular weight is 707 g/mol. The number of hydrogen-bond donors (Lipinski definition) is 6. The van der Waals surface area contributed by atoms with Crippen LogP contribution in [0.25, 0.3) is 57.5 Å². The minimum absolute atomic E-state index is 0.0391. The van der Waals surface area contributed by atoms with Crippen LogP contribution in [-0.4, -0.2) is 71.8 Å². The zero-order valence-electron chi connectivity index (χ0n) is 22.5. The Bertz CT molecular complexity index is 2680. The molecule has 0 spiro atoms. The van der Waals surface area contributed by atoms with Crippen molar-refractivity contribution < 1.29 is 51.9 Å². The number of H-pyrrole nitrogens is 2. The van der Waals surface area contributed by atoms with E-state index in [2.05, 4.69) is 19.9 Å². The van der Waals surface area contributed by atoms with Gasteiger partial charge < -0.3 is 9.97 Å². The predicted molar refractivity (Wildman–Crippen MR) is 164 cm³/mol. The van der Waals surface area contributed by atoms with Gasteiger partial charge in [-0.15, -0.1) is 0 Å². The summed E-state index contributed by atoms with van der Waals surface area (Å²) in [6.45, 7) is 0. The summed E-state index contributed by atoms with van der Waals surface area (Å²) in [5, 5.41) is 0. The first kappa shape index (κ1) is 31.4. The first-order valence-electron chi connectivity index (χ1n) is 12.5. The second-order valence-corrected chi connectivity index (χ2v) is 15.2. The van der Waals surface area contributed by atoms with Gasteiger partial charge in [0.05, 0.1) is 44.8 Å². The normalized spacial score (nSPS) is 13.7. The molecular weight excluding hydrogens is 689 g/mol. The first-order valence-corrected chi connectivity index (χ1v) is 18.3. The SMILES string of the molecule is O=S(=O)(O)c1c2nc(c(S(=O)(=O)O)c3cc(-c4ccccc4)c([nH]3)c(S(=O)(=O)O)c3nc(c(S(=O)(=O)O)c4ccc1[nH]4)C=C3)C=C2. The smallest absolute Gasteiger partial charge is 0.298 e. The molecule has 6 rings (SSSR count). The van der Waals surface area contributed by atoms with E-state index < -0.39 is 105 Å². The van der Waals surface area contributed by atoms with Gasteiger partial charge in [0, 0.05) is 5.56 Å². The molecule has 0 unspecified atom stereocenters. The lowest BCUT2D eigenvalue weighted by Gasteiger charge is -2.04. The summed E-state index contributed by atoms with van der Waals surface area (Å²) in [5.41, 5.74) is -3.84. The van der Waals surface area contributed by atoms with E-state index in [0.717, 1.165) is 42.5 Å². The highest BCUT2D eigenvalue weighted by molar-refractivity contribution is 7.87. The maximum Gasteiger partial charge on any atom is 0.298 e. The lowest BCUT2D eigenvalue weighted by atomic mass is 10.1. The zero-order chi connectivity index (χ0) is 33.4. The highest BCUT2D eigenvalue weighted by Crippen LogP contribution is 2.36. The van der Waals surface area contributed by atoms with Gasteiger partial charge in [0.1, 0.15) is 19.6 Å². The van der Waals surface area contributed by atoms with Gasteiger partial charge in [-0.3, -0.25) is 18.2 Å². The largest absolute Gasteiger partial charge is 0.353 e. The third-order valence-electron chi connectivity index (χ3n) is 6.79. The van der Waals surface area contributed by atoms with Crippen molar-refractivity contribution in [3.8, 4) is 11.1 Å². The van der Waals surface area contributed by atoms with Gasteiger partial charge in [-0.2, -0.15) is 33.7 Å². The molecule has 0 aliphatic carbocycles. The summed E-state index contributed by atoms with van der Waals surface area (Å²) in [6, 6.07) is 10.9. The molecule has 16 nitrogen and oxygen atoms in total. The molecule has 20 heteroatoms. The first-order chi connectivity index (χ1) is 21.3. The number of nitrogens with zero attached hydrogens (tertiary/aromatic N) is 2. The third kappa shape index (κ3) is 5.56. The summed E-state index contributed by atoms with van der Waals surface area (Å²) < 4.78 is 143. The van der Waals surface area contributed by atoms with E-state index in [4.69, 9.17) is 0 Å². The number of nitrogens with one attached hydrogen (secondary N) is 2. The molecule has 3 aromatic heterocycles. The minimum Gasteiger partial charge on any atom is -0.353 e. The Morgan fingerprint density at radius 2 is 0.870 bits per heavy atom. The Hall–Kier alpha value is -4.54. The van der Waals surface area contributed by atoms with Crippen molar-refractivity contribution in [1.82, 2.24) is 19.9 Å². The van der Waals surface area contributed by atoms with Crippen LogP contribution in [0.15, 0.2) is 68.1 Å². The number of aromatic amines is 2. The number of aromatic nitrogens is 4. The Kier molecular flexibility index (Phi) is 7.18. The molecule has 0 radical (unpaired) electrons. The van der Waals surface area contributed by atoms with Gasteiger partial charge in [0.15, 0.2) is 0 Å². The van der Waals surface area contributed by atoms with Crippen LogP contribution in [0.5, 0.6) is 0 Å². The fourth-order valence-corrected chi connectivity index (χ4v) is 8.22. The Balaban J connectivity index is 2.00. The molecule has 238 valence electrons. The highest BCUT2D eigenvalue weighted by atomic mass is 32.2. The number of rotatable bonds is 5. The van der Waals surface area contributed by atoms with Crippen LogP contribution < -0.4 is 0 Å². The third-order valence-corrected chi connectivity index (χ3v) is 10.6. The molecule has 46 heavy (non-hydrogen) atoms. The van der Waals surface area contributed by atoms with Crippen molar-refractivity contribution in [2.45, 2.75) is 19.6 Å². The molecule has 0 saturated carbocycles. The average Bonchev–Trinajstić information content (AvgIpc) is 3.72. The molecule has 6 N–H and O–H groups in total. The molecule has 8 bridgehead atoms. The summed E-state index contributed by atoms with van der Waals surface area (Å²) in [6.07, 6.45) is 3.96. The van der Waals surface area contributed by atoms with E-state index in [1.165, 1.54) is 12.1 Å². The van der Waals surface area contributed by atoms with Crippen LogP contribution >= 0.6 is 0 Å². The molecule has 2 aliphatic heterocycles. The van der Waals surface area contributed by atoms with E-state index in [1.54, 1.807) is 18.2 Å². The van der Waals surface area contributed by atoms with Crippen molar-refractivity contribution in [2.75, 3.05) is 0 Å². The van der Waals surface area contributed by atoms with Gasteiger partial charge in [-0.25, -0.2) is 9.97 Å². The second-order valence-electron chi connectivity index (χ2n) is 9.77. The Labute approximate surface area is 259 Å². The molecule has 4 aromatic rings. The van der Waals surface area contributed by atoms with Gasteiger partial charge in [-0.05, 0) is 48.1 Å². The van der Waals surface area contributed by atoms with E-state index in [0.29, 0.717) is 0 Å². The standard InChI is InChI=1S/C26H18N4O12S4/c31-43(32,33)23-15-6-7-16(27-15)24(44(34,35)36)18-10-11-20(29-18)26(46(40,41)42)22-14(13-4-2-1-3-5-13)12-21(30-22)25(45(37,38)39)19-9-8-17(23)28-19/h1-12,27,30H,(H,31,32,33)(H,34,35,36)(H,37,38,39)(H,40,41,42). The number of hydrogen-bond acceptors (Lipinski definition) is 10. The fourth-order valence-electron chi connectivity index (χ4n) is 5.11. The van der Waals surface area contributed by atoms with Gasteiger partial charge >= 0.3 is 0 Å². The topological polar surface area (TPSA) is 275 Å². The van der Waals surface area contributed by atoms with E-state index in [-0.39, 0.29) is 11.1 Å². The van der Waals surface area contributed by atoms with Crippen LogP contribution in [0.1, 0.15) is 22.8 Å². The lowest BCUT2D eigenvalue weighted by molar-refractivity contribution is 0.481. The van der Waals surface area contributed by atoms with Crippen molar-refractivity contribution >= 4 is 86.8 Å². The van der Waals surface area contributed by atoms with Crippen molar-refractivity contribution in [1.29, 1.82) is 0 Å². The second kappa shape index (κ2) is 10.5. The highest BCUT2D eigenvalue weighted by Gasteiger charge is 2.29. The van der Waals surface area contributed by atoms with Crippen molar-refractivity contribution in [2.24, 2.45) is 0 Å². The van der Waals surface area contributed by atoms with E-state index in [1.807, 2.05) is 0 Å². The van der Waals surface area contributed by atoms with Gasteiger partial charge in [-0.1, -0.05) is 30.3 Å². The summed E-state index contributed by atoms with van der Waals surface area (Å²) in [5.74, 6) is 0. The maximum absolute atomic E-state index is 12.9.